The molecule has 2 unspecified atom stereocenters. The number of hydrogen-bond acceptors (Lipinski definition) is 5. The first-order valence-corrected chi connectivity index (χ1v) is 10.3. The molecule has 2 aliphatic heterocycles. The van der Waals surface area contributed by atoms with Crippen LogP contribution in [0.2, 0.25) is 0 Å². The van der Waals surface area contributed by atoms with Gasteiger partial charge in [0.15, 0.2) is 9.84 Å². The van der Waals surface area contributed by atoms with Crippen LogP contribution in [0, 0.1) is 5.92 Å². The fourth-order valence-corrected chi connectivity index (χ4v) is 5.02. The van der Waals surface area contributed by atoms with Gasteiger partial charge in [-0.3, -0.25) is 10.9 Å². The number of sulfone groups is 1. The van der Waals surface area contributed by atoms with E-state index in [1.165, 1.54) is 19.3 Å². The van der Waals surface area contributed by atoms with Crippen LogP contribution in [0.1, 0.15) is 25.7 Å². The zero-order valence-corrected chi connectivity index (χ0v) is 14.4. The van der Waals surface area contributed by atoms with Crippen LogP contribution in [-0.2, 0) is 9.84 Å². The van der Waals surface area contributed by atoms with Gasteiger partial charge in [0.1, 0.15) is 0 Å². The third-order valence-electron chi connectivity index (χ3n) is 4.97. The van der Waals surface area contributed by atoms with Crippen LogP contribution >= 0.6 is 0 Å². The standard InChI is InChI=1S/C17H27N3O2S/c21-23(22,16-7-2-1-3-8-16)13-5-12-20-11-4-6-15(14-20)17-9-10-18-19-17/h1-3,7-8,15,17-19H,4-6,9-14H2. The molecule has 2 aliphatic rings. The molecule has 6 heteroatoms. The lowest BCUT2D eigenvalue weighted by atomic mass is 9.90. The van der Waals surface area contributed by atoms with Gasteiger partial charge in [-0.2, -0.15) is 0 Å². The van der Waals surface area contributed by atoms with E-state index in [9.17, 15) is 8.42 Å². The van der Waals surface area contributed by atoms with Gasteiger partial charge in [0.05, 0.1) is 10.6 Å². The summed E-state index contributed by atoms with van der Waals surface area (Å²) in [5, 5.41) is 0. The molecule has 0 saturated carbocycles. The Morgan fingerprint density at radius 3 is 2.74 bits per heavy atom. The highest BCUT2D eigenvalue weighted by atomic mass is 32.2. The summed E-state index contributed by atoms with van der Waals surface area (Å²) in [7, 11) is -3.14. The van der Waals surface area contributed by atoms with E-state index in [1.54, 1.807) is 24.3 Å². The molecule has 2 atom stereocenters. The van der Waals surface area contributed by atoms with Crippen LogP contribution < -0.4 is 10.9 Å². The van der Waals surface area contributed by atoms with E-state index in [2.05, 4.69) is 15.8 Å². The maximum absolute atomic E-state index is 12.3. The average molecular weight is 337 g/mol. The third kappa shape index (κ3) is 4.53. The molecule has 0 amide bonds. The van der Waals surface area contributed by atoms with Crippen LogP contribution in [-0.4, -0.2) is 51.3 Å². The highest BCUT2D eigenvalue weighted by Gasteiger charge is 2.29. The number of hydrogen-bond donors (Lipinski definition) is 2. The predicted octanol–water partition coefficient (Wildman–Crippen LogP) is 1.43. The lowest BCUT2D eigenvalue weighted by Crippen LogP contribution is -2.45. The van der Waals surface area contributed by atoms with Crippen molar-refractivity contribution in [3.05, 3.63) is 30.3 Å². The molecule has 23 heavy (non-hydrogen) atoms. The average Bonchev–Trinajstić information content (AvgIpc) is 3.10. The monoisotopic (exact) mass is 337 g/mol. The molecule has 0 aliphatic carbocycles. The summed E-state index contributed by atoms with van der Waals surface area (Å²) in [5.74, 6) is 0.922. The second kappa shape index (κ2) is 7.75. The molecule has 2 heterocycles. The SMILES string of the molecule is O=S(=O)(CCCN1CCCC(C2CCNN2)C1)c1ccccc1. The van der Waals surface area contributed by atoms with E-state index in [1.807, 2.05) is 6.07 Å². The van der Waals surface area contributed by atoms with Crippen molar-refractivity contribution in [3.8, 4) is 0 Å². The molecule has 2 fully saturated rings. The first kappa shape index (κ1) is 16.9. The zero-order chi connectivity index (χ0) is 16.1. The number of hydrazine groups is 1. The minimum absolute atomic E-state index is 0.238. The maximum Gasteiger partial charge on any atom is 0.178 e. The highest BCUT2D eigenvalue weighted by Crippen LogP contribution is 2.23. The van der Waals surface area contributed by atoms with E-state index in [0.717, 1.165) is 26.2 Å². The van der Waals surface area contributed by atoms with E-state index >= 15 is 0 Å². The molecule has 0 bridgehead atoms. The Morgan fingerprint density at radius 2 is 2.00 bits per heavy atom. The summed E-state index contributed by atoms with van der Waals surface area (Å²) >= 11 is 0. The van der Waals surface area contributed by atoms with Crippen LogP contribution in [0.25, 0.3) is 0 Å². The number of rotatable bonds is 6. The number of nitrogens with one attached hydrogen (secondary N) is 2. The quantitative estimate of drug-likeness (QED) is 0.822. The van der Waals surface area contributed by atoms with Gasteiger partial charge in [0, 0.05) is 19.1 Å². The Labute approximate surface area is 139 Å². The van der Waals surface area contributed by atoms with Crippen molar-refractivity contribution in [1.29, 1.82) is 0 Å². The molecule has 2 saturated heterocycles. The normalized spacial score (nSPS) is 26.4. The molecule has 3 rings (SSSR count). The Morgan fingerprint density at radius 1 is 1.17 bits per heavy atom. The van der Waals surface area contributed by atoms with E-state index < -0.39 is 9.84 Å². The topological polar surface area (TPSA) is 61.4 Å². The molecule has 0 aromatic heterocycles. The summed E-state index contributed by atoms with van der Waals surface area (Å²) in [6.45, 7) is 4.12. The lowest BCUT2D eigenvalue weighted by Gasteiger charge is -2.35. The summed E-state index contributed by atoms with van der Waals surface area (Å²) in [5.41, 5.74) is 6.59. The molecular formula is C17H27N3O2S. The van der Waals surface area contributed by atoms with E-state index in [4.69, 9.17) is 0 Å². The Kier molecular flexibility index (Phi) is 5.69. The molecule has 0 radical (unpaired) electrons. The lowest BCUT2D eigenvalue weighted by molar-refractivity contribution is 0.150. The zero-order valence-electron chi connectivity index (χ0n) is 13.6. The summed E-state index contributed by atoms with van der Waals surface area (Å²) < 4.78 is 24.6. The maximum atomic E-state index is 12.3. The van der Waals surface area contributed by atoms with Crippen molar-refractivity contribution in [2.24, 2.45) is 5.92 Å². The summed E-state index contributed by atoms with van der Waals surface area (Å²) in [6.07, 6.45) is 4.40. The smallest absolute Gasteiger partial charge is 0.178 e. The minimum Gasteiger partial charge on any atom is -0.303 e. The Hall–Kier alpha value is -0.950. The van der Waals surface area contributed by atoms with Crippen LogP contribution in [0.15, 0.2) is 35.2 Å². The minimum atomic E-state index is -3.14. The van der Waals surface area contributed by atoms with Crippen molar-refractivity contribution < 1.29 is 8.42 Å². The van der Waals surface area contributed by atoms with Gasteiger partial charge in [-0.25, -0.2) is 8.42 Å². The van der Waals surface area contributed by atoms with Crippen molar-refractivity contribution in [1.82, 2.24) is 15.8 Å². The first-order valence-electron chi connectivity index (χ1n) is 8.64. The molecule has 0 spiro atoms. The Balaban J connectivity index is 1.46. The van der Waals surface area contributed by atoms with Crippen molar-refractivity contribution >= 4 is 9.84 Å². The predicted molar refractivity (Wildman–Crippen MR) is 91.8 cm³/mol. The number of likely N-dealkylation sites (tertiary alicyclic amines) is 1. The summed E-state index contributed by atoms with van der Waals surface area (Å²) in [4.78, 5) is 2.88. The van der Waals surface area contributed by atoms with Gasteiger partial charge in [-0.15, -0.1) is 0 Å². The second-order valence-corrected chi connectivity index (χ2v) is 8.76. The van der Waals surface area contributed by atoms with Crippen LogP contribution in [0.5, 0.6) is 0 Å². The number of piperidine rings is 1. The van der Waals surface area contributed by atoms with Crippen molar-refractivity contribution in [3.63, 3.8) is 0 Å². The van der Waals surface area contributed by atoms with Gasteiger partial charge < -0.3 is 4.90 Å². The van der Waals surface area contributed by atoms with Gasteiger partial charge in [-0.1, -0.05) is 18.2 Å². The first-order chi connectivity index (χ1) is 11.1. The number of nitrogens with zero attached hydrogens (tertiary/aromatic N) is 1. The van der Waals surface area contributed by atoms with Crippen molar-refractivity contribution in [2.45, 2.75) is 36.6 Å². The molecule has 128 valence electrons. The van der Waals surface area contributed by atoms with Gasteiger partial charge in [0.25, 0.3) is 0 Å². The Bertz CT molecular complexity index is 585. The van der Waals surface area contributed by atoms with Gasteiger partial charge in [-0.05, 0) is 56.8 Å². The molecule has 2 N–H and O–H groups in total. The van der Waals surface area contributed by atoms with E-state index in [-0.39, 0.29) is 5.75 Å². The van der Waals surface area contributed by atoms with E-state index in [0.29, 0.717) is 23.3 Å². The fraction of sp³-hybridized carbons (Fsp3) is 0.647. The molecule has 5 nitrogen and oxygen atoms in total. The number of benzene rings is 1. The fourth-order valence-electron chi connectivity index (χ4n) is 3.70. The second-order valence-electron chi connectivity index (χ2n) is 6.65. The third-order valence-corrected chi connectivity index (χ3v) is 6.79. The van der Waals surface area contributed by atoms with Gasteiger partial charge in [0.2, 0.25) is 0 Å². The van der Waals surface area contributed by atoms with Crippen LogP contribution in [0.4, 0.5) is 0 Å². The molecule has 1 aromatic rings. The van der Waals surface area contributed by atoms with Crippen LogP contribution in [0.3, 0.4) is 0 Å². The molecule has 1 aromatic carbocycles. The van der Waals surface area contributed by atoms with Crippen molar-refractivity contribution in [2.75, 3.05) is 31.9 Å². The summed E-state index contributed by atoms with van der Waals surface area (Å²) in [6, 6.07) is 9.36. The molecular weight excluding hydrogens is 310 g/mol. The highest BCUT2D eigenvalue weighted by molar-refractivity contribution is 7.91. The van der Waals surface area contributed by atoms with Gasteiger partial charge >= 0.3 is 0 Å². The largest absolute Gasteiger partial charge is 0.303 e.